The lowest BCUT2D eigenvalue weighted by Crippen LogP contribution is -2.09. The van der Waals surface area contributed by atoms with Gasteiger partial charge in [0.25, 0.3) is 5.92 Å². The summed E-state index contributed by atoms with van der Waals surface area (Å²) in [6.07, 6.45) is 0. The van der Waals surface area contributed by atoms with Crippen molar-refractivity contribution >= 4 is 24.2 Å². The van der Waals surface area contributed by atoms with Crippen LogP contribution in [-0.4, -0.2) is 25.3 Å². The number of hydrogen-bond donors (Lipinski definition) is 0. The Morgan fingerprint density at radius 2 is 1.64 bits per heavy atom. The van der Waals surface area contributed by atoms with Crippen LogP contribution in [0.1, 0.15) is 28.5 Å². The van der Waals surface area contributed by atoms with Gasteiger partial charge < -0.3 is 4.74 Å². The van der Waals surface area contributed by atoms with E-state index in [-0.39, 0.29) is 17.0 Å². The van der Waals surface area contributed by atoms with E-state index in [1.807, 2.05) is 0 Å². The standard InChI is InChI=1S/C15H13F2NO2.C3H9ClSi/c1-15(16,17)11-8-6-10(7-9-11)14(19)12-4-3-5-13(18-12)20-2;1-5(2,3)4/h3-9H,1-2H3;1-3H3. The van der Waals surface area contributed by atoms with Gasteiger partial charge in [0.2, 0.25) is 11.7 Å². The minimum atomic E-state index is -2.92. The molecule has 0 aliphatic heterocycles. The molecule has 2 aromatic rings. The summed E-state index contributed by atoms with van der Waals surface area (Å²) in [4.78, 5) is 16.2. The fourth-order valence-electron chi connectivity index (χ4n) is 1.72. The highest BCUT2D eigenvalue weighted by atomic mass is 35.6. The number of carbonyl (C=O) groups is 1. The Labute approximate surface area is 152 Å². The van der Waals surface area contributed by atoms with E-state index >= 15 is 0 Å². The minimum Gasteiger partial charge on any atom is -0.481 e. The number of alkyl halides is 2. The van der Waals surface area contributed by atoms with E-state index in [0.717, 1.165) is 6.92 Å². The first-order chi connectivity index (χ1) is 11.4. The van der Waals surface area contributed by atoms with E-state index in [1.54, 1.807) is 18.2 Å². The van der Waals surface area contributed by atoms with Crippen molar-refractivity contribution in [1.82, 2.24) is 4.98 Å². The van der Waals surface area contributed by atoms with Crippen molar-refractivity contribution in [3.63, 3.8) is 0 Å². The summed E-state index contributed by atoms with van der Waals surface area (Å²) in [5.41, 5.74) is 0.381. The molecule has 7 heteroatoms. The smallest absolute Gasteiger partial charge is 0.270 e. The third kappa shape index (κ3) is 7.75. The molecule has 0 N–H and O–H groups in total. The fourth-order valence-corrected chi connectivity index (χ4v) is 1.72. The average molecular weight is 386 g/mol. The van der Waals surface area contributed by atoms with Crippen molar-refractivity contribution in [2.24, 2.45) is 0 Å². The number of aromatic nitrogens is 1. The number of pyridine rings is 1. The molecule has 25 heavy (non-hydrogen) atoms. The molecule has 0 saturated carbocycles. The van der Waals surface area contributed by atoms with E-state index in [4.69, 9.17) is 15.8 Å². The maximum Gasteiger partial charge on any atom is 0.270 e. The van der Waals surface area contributed by atoms with Gasteiger partial charge in [-0.25, -0.2) is 13.8 Å². The van der Waals surface area contributed by atoms with Gasteiger partial charge in [-0.05, 0) is 6.07 Å². The van der Waals surface area contributed by atoms with E-state index in [9.17, 15) is 13.6 Å². The van der Waals surface area contributed by atoms with E-state index < -0.39 is 13.3 Å². The van der Waals surface area contributed by atoms with E-state index in [0.29, 0.717) is 11.4 Å². The summed E-state index contributed by atoms with van der Waals surface area (Å²) in [7, 11) is 0.314. The lowest BCUT2D eigenvalue weighted by atomic mass is 10.0. The van der Waals surface area contributed by atoms with Gasteiger partial charge in [0.05, 0.1) is 7.11 Å². The molecule has 136 valence electrons. The lowest BCUT2D eigenvalue weighted by molar-refractivity contribution is 0.0174. The molecule has 0 amide bonds. The predicted molar refractivity (Wildman–Crippen MR) is 99.4 cm³/mol. The second-order valence-electron chi connectivity index (χ2n) is 6.43. The lowest BCUT2D eigenvalue weighted by Gasteiger charge is -2.10. The Morgan fingerprint density at radius 1 is 1.12 bits per heavy atom. The Morgan fingerprint density at radius 3 is 2.08 bits per heavy atom. The molecule has 1 heterocycles. The number of ether oxygens (including phenoxy) is 1. The molecule has 0 spiro atoms. The Bertz CT molecular complexity index is 704. The SMILES string of the molecule is COc1cccc(C(=O)c2ccc(C(C)(F)F)cc2)n1.C[Si](C)(C)Cl. The molecule has 0 aliphatic rings. The zero-order valence-corrected chi connectivity index (χ0v) is 16.7. The molecule has 3 nitrogen and oxygen atoms in total. The van der Waals surface area contributed by atoms with Gasteiger partial charge in [-0.1, -0.05) is 50.0 Å². The number of benzene rings is 1. The van der Waals surface area contributed by atoms with Gasteiger partial charge in [-0.2, -0.15) is 11.1 Å². The topological polar surface area (TPSA) is 39.2 Å². The molecule has 0 bridgehead atoms. The summed E-state index contributed by atoms with van der Waals surface area (Å²) < 4.78 is 31.1. The van der Waals surface area contributed by atoms with Gasteiger partial charge in [0.15, 0.2) is 0 Å². The third-order valence-corrected chi connectivity index (χ3v) is 2.82. The van der Waals surface area contributed by atoms with Crippen LogP contribution < -0.4 is 4.74 Å². The number of hydrogen-bond acceptors (Lipinski definition) is 3. The summed E-state index contributed by atoms with van der Waals surface area (Å²) in [6, 6.07) is 10.0. The van der Waals surface area contributed by atoms with Crippen molar-refractivity contribution in [3.05, 3.63) is 59.3 Å². The summed E-state index contributed by atoms with van der Waals surface area (Å²) in [5.74, 6) is -2.93. The highest BCUT2D eigenvalue weighted by Crippen LogP contribution is 2.27. The summed E-state index contributed by atoms with van der Waals surface area (Å²) >= 11 is 5.67. The van der Waals surface area contributed by atoms with Crippen LogP contribution in [-0.2, 0) is 5.92 Å². The Balaban J connectivity index is 0.000000550. The number of nitrogens with zero attached hydrogens (tertiary/aromatic N) is 1. The van der Waals surface area contributed by atoms with E-state index in [1.165, 1.54) is 31.4 Å². The second kappa shape index (κ2) is 8.54. The molecule has 1 aromatic carbocycles. The monoisotopic (exact) mass is 385 g/mol. The first kappa shape index (κ1) is 21.2. The molecule has 0 atom stereocenters. The van der Waals surface area contributed by atoms with Gasteiger partial charge in [0, 0.05) is 24.1 Å². The molecule has 0 unspecified atom stereocenters. The first-order valence-corrected chi connectivity index (χ1v) is 12.2. The quantitative estimate of drug-likeness (QED) is 0.396. The van der Waals surface area contributed by atoms with Gasteiger partial charge in [-0.3, -0.25) is 4.79 Å². The first-order valence-electron chi connectivity index (χ1n) is 7.65. The maximum atomic E-state index is 13.1. The van der Waals surface area contributed by atoms with Crippen LogP contribution >= 0.6 is 11.1 Å². The molecule has 0 fully saturated rings. The molecule has 2 rings (SSSR count). The van der Waals surface area contributed by atoms with Crippen LogP contribution in [0.3, 0.4) is 0 Å². The maximum absolute atomic E-state index is 13.1. The van der Waals surface area contributed by atoms with Crippen LogP contribution in [0.25, 0.3) is 0 Å². The zero-order chi connectivity index (χ0) is 19.3. The highest BCUT2D eigenvalue weighted by Gasteiger charge is 2.24. The van der Waals surface area contributed by atoms with Gasteiger partial charge in [-0.15, -0.1) is 0 Å². The highest BCUT2D eigenvalue weighted by molar-refractivity contribution is 7.18. The predicted octanol–water partition coefficient (Wildman–Crippen LogP) is 5.49. The molecular weight excluding hydrogens is 364 g/mol. The van der Waals surface area contributed by atoms with Crippen LogP contribution in [0.4, 0.5) is 8.78 Å². The largest absolute Gasteiger partial charge is 0.481 e. The summed E-state index contributed by atoms with van der Waals surface area (Å²) in [6.45, 7) is 7.09. The van der Waals surface area contributed by atoms with Crippen LogP contribution in [0.15, 0.2) is 42.5 Å². The molecule has 0 saturated heterocycles. The number of rotatable bonds is 4. The Kier molecular flexibility index (Phi) is 7.25. The van der Waals surface area contributed by atoms with Gasteiger partial charge >= 0.3 is 0 Å². The van der Waals surface area contributed by atoms with Gasteiger partial charge in [0.1, 0.15) is 13.1 Å². The normalized spacial score (nSPS) is 11.4. The number of carbonyl (C=O) groups excluding carboxylic acids is 1. The zero-order valence-electron chi connectivity index (χ0n) is 14.9. The van der Waals surface area contributed by atoms with Crippen molar-refractivity contribution < 1.29 is 18.3 Å². The van der Waals surface area contributed by atoms with E-state index in [2.05, 4.69) is 24.6 Å². The molecule has 0 aliphatic carbocycles. The number of methoxy groups -OCH3 is 1. The molecular formula is C18H22ClF2NO2Si. The average Bonchev–Trinajstić information content (AvgIpc) is 2.52. The number of ketones is 1. The van der Waals surface area contributed by atoms with Crippen LogP contribution in [0.5, 0.6) is 5.88 Å². The molecule has 0 radical (unpaired) electrons. The van der Waals surface area contributed by atoms with Crippen molar-refractivity contribution in [3.8, 4) is 5.88 Å². The minimum absolute atomic E-state index is 0.132. The van der Waals surface area contributed by atoms with Crippen molar-refractivity contribution in [1.29, 1.82) is 0 Å². The third-order valence-electron chi connectivity index (χ3n) is 2.82. The number of halogens is 3. The van der Waals surface area contributed by atoms with Crippen LogP contribution in [0.2, 0.25) is 19.6 Å². The second-order valence-corrected chi connectivity index (χ2v) is 14.0. The van der Waals surface area contributed by atoms with Crippen LogP contribution in [0, 0.1) is 0 Å². The van der Waals surface area contributed by atoms with Crippen molar-refractivity contribution in [2.45, 2.75) is 32.5 Å². The Hall–Kier alpha value is -1.79. The van der Waals surface area contributed by atoms with Crippen molar-refractivity contribution in [2.75, 3.05) is 7.11 Å². The summed E-state index contributed by atoms with van der Waals surface area (Å²) in [5, 5.41) is 0. The fraction of sp³-hybridized carbons (Fsp3) is 0.333. The molecule has 1 aromatic heterocycles.